The molecule has 3 heterocycles. The lowest BCUT2D eigenvalue weighted by Crippen LogP contribution is -2.25. The second-order valence-corrected chi connectivity index (χ2v) is 5.56. The Morgan fingerprint density at radius 3 is 2.73 bits per heavy atom. The number of pyridine rings is 1. The number of aromatic nitrogens is 3. The first kappa shape index (κ1) is 13.2. The molecule has 1 aliphatic heterocycles. The van der Waals surface area contributed by atoms with E-state index in [9.17, 15) is 0 Å². The van der Waals surface area contributed by atoms with E-state index in [0.717, 1.165) is 37.4 Å². The Morgan fingerprint density at radius 1 is 1.05 bits per heavy atom. The Bertz CT molecular complexity index is 763. The molecule has 0 fully saturated rings. The lowest BCUT2D eigenvalue weighted by atomic mass is 10.0. The van der Waals surface area contributed by atoms with Gasteiger partial charge in [-0.3, -0.25) is 0 Å². The third-order valence-electron chi connectivity index (χ3n) is 4.09. The Morgan fingerprint density at radius 2 is 1.91 bits per heavy atom. The molecule has 2 aromatic heterocycles. The summed E-state index contributed by atoms with van der Waals surface area (Å²) in [5.74, 6) is 0.903. The second-order valence-electron chi connectivity index (χ2n) is 5.56. The summed E-state index contributed by atoms with van der Waals surface area (Å²) in [6.07, 6.45) is 3.68. The van der Waals surface area contributed by atoms with Crippen LogP contribution in [0.2, 0.25) is 0 Å². The van der Waals surface area contributed by atoms with Crippen LogP contribution in [0, 0.1) is 0 Å². The minimum Gasteiger partial charge on any atom is -0.312 e. The van der Waals surface area contributed by atoms with E-state index in [1.54, 1.807) is 0 Å². The maximum atomic E-state index is 4.87. The Kier molecular flexibility index (Phi) is 3.45. The first-order valence-electron chi connectivity index (χ1n) is 7.67. The van der Waals surface area contributed by atoms with Crippen molar-refractivity contribution in [2.45, 2.75) is 19.4 Å². The highest BCUT2D eigenvalue weighted by molar-refractivity contribution is 5.37. The zero-order valence-electron chi connectivity index (χ0n) is 12.4. The summed E-state index contributed by atoms with van der Waals surface area (Å²) in [7, 11) is 0. The number of rotatable bonds is 3. The monoisotopic (exact) mass is 290 g/mol. The largest absolute Gasteiger partial charge is 0.312 e. The maximum absolute atomic E-state index is 4.87. The Balaban J connectivity index is 1.78. The van der Waals surface area contributed by atoms with Gasteiger partial charge in [0.05, 0.1) is 11.4 Å². The summed E-state index contributed by atoms with van der Waals surface area (Å²) in [6, 6.07) is 16.5. The van der Waals surface area contributed by atoms with Crippen molar-refractivity contribution in [1.29, 1.82) is 0 Å². The number of fused-ring (bicyclic) bond motifs is 1. The summed E-state index contributed by atoms with van der Waals surface area (Å²) < 4.78 is 2.02. The molecule has 0 bridgehead atoms. The van der Waals surface area contributed by atoms with Gasteiger partial charge >= 0.3 is 0 Å². The van der Waals surface area contributed by atoms with Gasteiger partial charge in [0.15, 0.2) is 5.82 Å². The third kappa shape index (κ3) is 2.42. The normalized spacial score (nSPS) is 13.8. The van der Waals surface area contributed by atoms with Crippen LogP contribution < -0.4 is 5.32 Å². The second kappa shape index (κ2) is 5.73. The Labute approximate surface area is 129 Å². The molecule has 110 valence electrons. The molecule has 0 saturated carbocycles. The van der Waals surface area contributed by atoms with Crippen LogP contribution in [0.4, 0.5) is 0 Å². The molecular formula is C18H18N4. The molecule has 0 unspecified atom stereocenters. The van der Waals surface area contributed by atoms with Crippen LogP contribution in [0.25, 0.3) is 5.82 Å². The molecule has 0 aliphatic carbocycles. The van der Waals surface area contributed by atoms with E-state index in [0.29, 0.717) is 0 Å². The first-order chi connectivity index (χ1) is 10.9. The molecule has 4 rings (SSSR count). The van der Waals surface area contributed by atoms with Crippen molar-refractivity contribution in [2.75, 3.05) is 6.54 Å². The minimum absolute atomic E-state index is 0.866. The fourth-order valence-electron chi connectivity index (χ4n) is 3.02. The molecule has 4 heteroatoms. The summed E-state index contributed by atoms with van der Waals surface area (Å²) in [5, 5.41) is 8.33. The van der Waals surface area contributed by atoms with Crippen molar-refractivity contribution in [1.82, 2.24) is 20.1 Å². The van der Waals surface area contributed by atoms with Gasteiger partial charge in [-0.25, -0.2) is 9.67 Å². The quantitative estimate of drug-likeness (QED) is 0.806. The first-order valence-corrected chi connectivity index (χ1v) is 7.67. The van der Waals surface area contributed by atoms with Crippen molar-refractivity contribution in [3.05, 3.63) is 77.2 Å². The molecule has 4 nitrogen and oxygen atoms in total. The van der Waals surface area contributed by atoms with Crippen molar-refractivity contribution >= 4 is 0 Å². The number of nitrogens with zero attached hydrogens (tertiary/aromatic N) is 3. The third-order valence-corrected chi connectivity index (χ3v) is 4.09. The number of nitrogens with one attached hydrogen (secondary N) is 1. The highest BCUT2D eigenvalue weighted by Crippen LogP contribution is 2.23. The Hall–Kier alpha value is -2.46. The standard InChI is InChI=1S/C18H18N4/c1-2-6-14(7-3-1)12-16-15-13-19-11-9-17(15)22(21-16)18-8-4-5-10-20-18/h1-8,10,19H,9,11-13H2. The van der Waals surface area contributed by atoms with E-state index in [2.05, 4.69) is 34.6 Å². The molecule has 0 atom stereocenters. The molecule has 22 heavy (non-hydrogen) atoms. The number of benzene rings is 1. The fraction of sp³-hybridized carbons (Fsp3) is 0.222. The maximum Gasteiger partial charge on any atom is 0.153 e. The molecule has 3 aromatic rings. The van der Waals surface area contributed by atoms with Gasteiger partial charge in [0.1, 0.15) is 0 Å². The average Bonchev–Trinajstić information content (AvgIpc) is 2.96. The fourth-order valence-corrected chi connectivity index (χ4v) is 3.02. The molecule has 0 saturated heterocycles. The zero-order chi connectivity index (χ0) is 14.8. The zero-order valence-corrected chi connectivity index (χ0v) is 12.4. The van der Waals surface area contributed by atoms with E-state index in [1.807, 2.05) is 35.1 Å². The molecule has 1 aliphatic rings. The van der Waals surface area contributed by atoms with E-state index in [-0.39, 0.29) is 0 Å². The molecule has 0 radical (unpaired) electrons. The van der Waals surface area contributed by atoms with Gasteiger partial charge in [-0.2, -0.15) is 5.10 Å². The SMILES string of the molecule is c1ccc(Cc2nn(-c3ccccn3)c3c2CNCC3)cc1. The van der Waals surface area contributed by atoms with Crippen LogP contribution in [-0.2, 0) is 19.4 Å². The van der Waals surface area contributed by atoms with Gasteiger partial charge in [0.25, 0.3) is 0 Å². The van der Waals surface area contributed by atoms with Crippen LogP contribution in [0.3, 0.4) is 0 Å². The van der Waals surface area contributed by atoms with E-state index >= 15 is 0 Å². The number of hydrogen-bond donors (Lipinski definition) is 1. The summed E-state index contributed by atoms with van der Waals surface area (Å²) in [6.45, 7) is 1.89. The molecule has 0 spiro atoms. The minimum atomic E-state index is 0.866. The smallest absolute Gasteiger partial charge is 0.153 e. The average molecular weight is 290 g/mol. The predicted octanol–water partition coefficient (Wildman–Crippen LogP) is 2.50. The van der Waals surface area contributed by atoms with Crippen LogP contribution in [0.1, 0.15) is 22.5 Å². The summed E-state index contributed by atoms with van der Waals surface area (Å²) >= 11 is 0. The topological polar surface area (TPSA) is 42.7 Å². The van der Waals surface area contributed by atoms with Crippen LogP contribution in [0.5, 0.6) is 0 Å². The van der Waals surface area contributed by atoms with Crippen LogP contribution >= 0.6 is 0 Å². The van der Waals surface area contributed by atoms with Crippen LogP contribution in [0.15, 0.2) is 54.7 Å². The lowest BCUT2D eigenvalue weighted by molar-refractivity contribution is 0.619. The van der Waals surface area contributed by atoms with Gasteiger partial charge in [0, 0.05) is 37.7 Å². The summed E-state index contributed by atoms with van der Waals surface area (Å²) in [5.41, 5.74) is 5.07. The number of hydrogen-bond acceptors (Lipinski definition) is 3. The van der Waals surface area contributed by atoms with Gasteiger partial charge in [0.2, 0.25) is 0 Å². The predicted molar refractivity (Wildman–Crippen MR) is 86.0 cm³/mol. The molecule has 1 aromatic carbocycles. The molecule has 0 amide bonds. The lowest BCUT2D eigenvalue weighted by Gasteiger charge is -2.15. The molecular weight excluding hydrogens is 272 g/mol. The van der Waals surface area contributed by atoms with E-state index in [1.165, 1.54) is 16.8 Å². The van der Waals surface area contributed by atoms with Gasteiger partial charge in [-0.15, -0.1) is 0 Å². The van der Waals surface area contributed by atoms with Crippen molar-refractivity contribution < 1.29 is 0 Å². The highest BCUT2D eigenvalue weighted by atomic mass is 15.3. The van der Waals surface area contributed by atoms with Gasteiger partial charge < -0.3 is 5.32 Å². The highest BCUT2D eigenvalue weighted by Gasteiger charge is 2.21. The van der Waals surface area contributed by atoms with E-state index in [4.69, 9.17) is 5.10 Å². The van der Waals surface area contributed by atoms with Crippen molar-refractivity contribution in [3.8, 4) is 5.82 Å². The van der Waals surface area contributed by atoms with E-state index < -0.39 is 0 Å². The van der Waals surface area contributed by atoms with Gasteiger partial charge in [-0.1, -0.05) is 36.4 Å². The van der Waals surface area contributed by atoms with Gasteiger partial charge in [-0.05, 0) is 17.7 Å². The van der Waals surface area contributed by atoms with Crippen molar-refractivity contribution in [3.63, 3.8) is 0 Å². The molecule has 1 N–H and O–H groups in total. The van der Waals surface area contributed by atoms with Crippen molar-refractivity contribution in [2.24, 2.45) is 0 Å². The van der Waals surface area contributed by atoms with Crippen LogP contribution in [-0.4, -0.2) is 21.3 Å². The summed E-state index contributed by atoms with van der Waals surface area (Å²) in [4.78, 5) is 4.46.